The Kier molecular flexibility index (Phi) is 14.7. The van der Waals surface area contributed by atoms with Crippen LogP contribution in [0, 0.1) is 16.7 Å². The SMILES string of the molecule is CCCC#Cc1cnc(NC)cc1N1CCCC1.CN(Cc1cc2c(nc1N=O)N(C=O)CCC2)C(=O)C1CCCO1.CNC. The largest absolute Gasteiger partial charge is 0.373 e. The number of pyridine rings is 2. The van der Waals surface area contributed by atoms with Crippen LogP contribution in [-0.4, -0.2) is 87.7 Å². The molecule has 1 unspecified atom stereocenters. The predicted molar refractivity (Wildman–Crippen MR) is 179 cm³/mol. The molecule has 0 saturated carbocycles. The molecule has 0 bridgehead atoms. The Morgan fingerprint density at radius 2 is 1.93 bits per heavy atom. The van der Waals surface area contributed by atoms with Crippen molar-refractivity contribution >= 4 is 35.5 Å². The predicted octanol–water partition coefficient (Wildman–Crippen LogP) is 4.24. The van der Waals surface area contributed by atoms with E-state index in [1.54, 1.807) is 7.05 Å². The molecule has 2 N–H and O–H groups in total. The van der Waals surface area contributed by atoms with Gasteiger partial charge in [0.1, 0.15) is 17.7 Å². The van der Waals surface area contributed by atoms with Gasteiger partial charge in [0.2, 0.25) is 12.2 Å². The summed E-state index contributed by atoms with van der Waals surface area (Å²) in [7, 11) is 7.33. The number of hydrogen-bond donors (Lipinski definition) is 2. The van der Waals surface area contributed by atoms with E-state index in [2.05, 4.69) is 55.5 Å². The van der Waals surface area contributed by atoms with Crippen LogP contribution in [0.25, 0.3) is 0 Å². The molecular formula is C33H48N8O4. The molecule has 0 radical (unpaired) electrons. The Morgan fingerprint density at radius 3 is 2.56 bits per heavy atom. The number of aryl methyl sites for hydroxylation is 1. The molecule has 5 rings (SSSR count). The number of rotatable bonds is 8. The maximum absolute atomic E-state index is 12.4. The lowest BCUT2D eigenvalue weighted by atomic mass is 10.0. The normalized spacial score (nSPS) is 16.6. The topological polar surface area (TPSA) is 132 Å². The molecular weight excluding hydrogens is 572 g/mol. The van der Waals surface area contributed by atoms with E-state index in [4.69, 9.17) is 4.74 Å². The molecule has 3 aliphatic rings. The van der Waals surface area contributed by atoms with Gasteiger partial charge in [0.25, 0.3) is 5.91 Å². The van der Waals surface area contributed by atoms with Crippen LogP contribution in [-0.2, 0) is 27.3 Å². The summed E-state index contributed by atoms with van der Waals surface area (Å²) >= 11 is 0. The number of carbonyl (C=O) groups excluding carboxylic acids is 2. The van der Waals surface area contributed by atoms with E-state index in [0.717, 1.165) is 68.6 Å². The van der Waals surface area contributed by atoms with Gasteiger partial charge in [0, 0.05) is 71.1 Å². The smallest absolute Gasteiger partial charge is 0.251 e. The van der Waals surface area contributed by atoms with Crippen molar-refractivity contribution in [1.82, 2.24) is 20.2 Å². The Balaban J connectivity index is 0.000000234. The van der Waals surface area contributed by atoms with Crippen LogP contribution in [0.5, 0.6) is 0 Å². The maximum Gasteiger partial charge on any atom is 0.251 e. The minimum absolute atomic E-state index is 0.0227. The molecule has 0 spiro atoms. The van der Waals surface area contributed by atoms with E-state index >= 15 is 0 Å². The van der Waals surface area contributed by atoms with Crippen molar-refractivity contribution in [2.75, 3.05) is 69.5 Å². The summed E-state index contributed by atoms with van der Waals surface area (Å²) in [5, 5.41) is 8.83. The number of carbonyl (C=O) groups is 2. The van der Waals surface area contributed by atoms with Crippen LogP contribution in [0.3, 0.4) is 0 Å². The molecule has 2 saturated heterocycles. The fourth-order valence-electron chi connectivity index (χ4n) is 5.39. The summed E-state index contributed by atoms with van der Waals surface area (Å²) in [5.41, 5.74) is 3.78. The van der Waals surface area contributed by atoms with Crippen molar-refractivity contribution in [2.24, 2.45) is 5.18 Å². The van der Waals surface area contributed by atoms with Crippen molar-refractivity contribution in [3.05, 3.63) is 39.9 Å². The Morgan fingerprint density at radius 1 is 1.18 bits per heavy atom. The van der Waals surface area contributed by atoms with Crippen LogP contribution in [0.2, 0.25) is 0 Å². The molecule has 0 aromatic carbocycles. The number of hydrogen-bond acceptors (Lipinski definition) is 10. The molecule has 1 atom stereocenters. The molecule has 2 fully saturated rings. The number of unbranched alkanes of at least 4 members (excludes halogenated alkanes) is 1. The Labute approximate surface area is 267 Å². The van der Waals surface area contributed by atoms with Gasteiger partial charge in [-0.15, -0.1) is 4.91 Å². The number of fused-ring (bicyclic) bond motifs is 1. The third-order valence-corrected chi connectivity index (χ3v) is 7.64. The molecule has 12 heteroatoms. The van der Waals surface area contributed by atoms with Crippen LogP contribution >= 0.6 is 0 Å². The van der Waals surface area contributed by atoms with E-state index in [0.29, 0.717) is 30.9 Å². The van der Waals surface area contributed by atoms with E-state index in [9.17, 15) is 14.5 Å². The van der Waals surface area contributed by atoms with Crippen molar-refractivity contribution in [2.45, 2.75) is 70.9 Å². The second-order valence-electron chi connectivity index (χ2n) is 11.2. The quantitative estimate of drug-likeness (QED) is 0.253. The number of aromatic nitrogens is 2. The molecule has 244 valence electrons. The third kappa shape index (κ3) is 9.96. The lowest BCUT2D eigenvalue weighted by Crippen LogP contribution is -2.35. The van der Waals surface area contributed by atoms with Crippen LogP contribution in [0.15, 0.2) is 23.5 Å². The van der Waals surface area contributed by atoms with Gasteiger partial charge in [0.05, 0.1) is 11.3 Å². The number of amides is 2. The van der Waals surface area contributed by atoms with Gasteiger partial charge >= 0.3 is 0 Å². The first-order valence-electron chi connectivity index (χ1n) is 15.8. The minimum atomic E-state index is -0.404. The molecule has 2 aromatic heterocycles. The second-order valence-corrected chi connectivity index (χ2v) is 11.2. The van der Waals surface area contributed by atoms with Crippen molar-refractivity contribution in [1.29, 1.82) is 0 Å². The van der Waals surface area contributed by atoms with Crippen molar-refractivity contribution < 1.29 is 14.3 Å². The average molecular weight is 621 g/mol. The summed E-state index contributed by atoms with van der Waals surface area (Å²) in [6.07, 6.45) is 10.0. The molecule has 45 heavy (non-hydrogen) atoms. The number of nitrogens with zero attached hydrogens (tertiary/aromatic N) is 6. The van der Waals surface area contributed by atoms with E-state index in [1.807, 2.05) is 33.4 Å². The van der Waals surface area contributed by atoms with Gasteiger partial charge in [0.15, 0.2) is 0 Å². The highest BCUT2D eigenvalue weighted by Crippen LogP contribution is 2.31. The summed E-state index contributed by atoms with van der Waals surface area (Å²) in [6, 6.07) is 3.94. The van der Waals surface area contributed by atoms with Gasteiger partial charge in [-0.25, -0.2) is 9.97 Å². The monoisotopic (exact) mass is 620 g/mol. The summed E-state index contributed by atoms with van der Waals surface area (Å²) in [6.45, 7) is 5.84. The van der Waals surface area contributed by atoms with E-state index < -0.39 is 6.10 Å². The van der Waals surface area contributed by atoms with Gasteiger partial charge in [-0.1, -0.05) is 18.8 Å². The number of nitroso groups, excluding NO2 is 1. The Bertz CT molecular complexity index is 1330. The molecule has 0 aliphatic carbocycles. The highest BCUT2D eigenvalue weighted by atomic mass is 16.5. The lowest BCUT2D eigenvalue weighted by Gasteiger charge is -2.26. The fourth-order valence-corrected chi connectivity index (χ4v) is 5.39. The van der Waals surface area contributed by atoms with Gasteiger partial charge in [-0.05, 0) is 75.8 Å². The van der Waals surface area contributed by atoms with Gasteiger partial charge in [-0.3, -0.25) is 14.5 Å². The van der Waals surface area contributed by atoms with Crippen LogP contribution in [0.4, 0.5) is 23.1 Å². The highest BCUT2D eigenvalue weighted by molar-refractivity contribution is 5.81. The van der Waals surface area contributed by atoms with Crippen LogP contribution < -0.4 is 20.4 Å². The standard InChI is InChI=1S/C16H20N4O4.C15H21N3.C2H7N/c1-19(16(22)13-5-3-7-24-13)9-12-8-11-4-2-6-20(10-21)15(11)17-14(12)18-23;1-3-4-5-8-13-12-17-15(16-2)11-14(13)18-9-6-7-10-18;1-3-2/h8,10,13H,2-7,9H2,1H3;11-12H,3-4,6-7,9-10H2,1-2H3,(H,16,17);3H,1-2H3. The second kappa shape index (κ2) is 18.7. The summed E-state index contributed by atoms with van der Waals surface area (Å²) in [4.78, 5) is 48.7. The first-order chi connectivity index (χ1) is 21.9. The van der Waals surface area contributed by atoms with Crippen molar-refractivity contribution in [3.63, 3.8) is 0 Å². The van der Waals surface area contributed by atoms with E-state index in [1.165, 1.54) is 28.3 Å². The maximum atomic E-state index is 12.4. The van der Waals surface area contributed by atoms with Crippen molar-refractivity contribution in [3.8, 4) is 11.8 Å². The number of likely N-dealkylation sites (N-methyl/N-ethyl adjacent to an activating group) is 1. The average Bonchev–Trinajstić information content (AvgIpc) is 3.80. The first kappa shape index (κ1) is 35.4. The highest BCUT2D eigenvalue weighted by Gasteiger charge is 2.28. The third-order valence-electron chi connectivity index (χ3n) is 7.64. The Hall–Kier alpha value is -4.08. The minimum Gasteiger partial charge on any atom is -0.373 e. The van der Waals surface area contributed by atoms with Crippen LogP contribution in [0.1, 0.15) is 68.6 Å². The summed E-state index contributed by atoms with van der Waals surface area (Å²) < 4.78 is 5.41. The number of anilines is 3. The molecule has 5 heterocycles. The van der Waals surface area contributed by atoms with Gasteiger partial charge in [-0.2, -0.15) is 0 Å². The zero-order valence-corrected chi connectivity index (χ0v) is 27.4. The molecule has 2 aromatic rings. The fraction of sp³-hybridized carbons (Fsp3) is 0.576. The molecule has 3 aliphatic heterocycles. The first-order valence-corrected chi connectivity index (χ1v) is 15.8. The zero-order chi connectivity index (χ0) is 32.6. The van der Waals surface area contributed by atoms with Gasteiger partial charge < -0.3 is 25.2 Å². The van der Waals surface area contributed by atoms with E-state index in [-0.39, 0.29) is 18.3 Å². The molecule has 2 amide bonds. The zero-order valence-electron chi connectivity index (χ0n) is 27.4. The lowest BCUT2D eigenvalue weighted by molar-refractivity contribution is -0.140. The summed E-state index contributed by atoms with van der Waals surface area (Å²) in [5.74, 6) is 7.80. The number of ether oxygens (including phenoxy) is 1. The number of nitrogens with one attached hydrogen (secondary N) is 2. The molecule has 12 nitrogen and oxygen atoms in total.